The molecule has 1 unspecified atom stereocenters. The normalized spacial score (nSPS) is 46.2. The van der Waals surface area contributed by atoms with E-state index in [1.807, 2.05) is 6.08 Å². The highest BCUT2D eigenvalue weighted by Gasteiger charge is 2.51. The monoisotopic (exact) mass is 268 g/mol. The molecular formula is C19H24O. The van der Waals surface area contributed by atoms with Crippen molar-refractivity contribution in [1.29, 1.82) is 0 Å². The summed E-state index contributed by atoms with van der Waals surface area (Å²) < 4.78 is 0. The summed E-state index contributed by atoms with van der Waals surface area (Å²) in [7, 11) is 0. The first kappa shape index (κ1) is 12.6. The maximum Gasteiger partial charge on any atom is 0.165 e. The van der Waals surface area contributed by atoms with Gasteiger partial charge in [0.25, 0.3) is 0 Å². The highest BCUT2D eigenvalue weighted by atomic mass is 16.1. The number of hydrogen-bond donors (Lipinski definition) is 0. The molecule has 4 aliphatic rings. The molecule has 0 heterocycles. The summed E-state index contributed by atoms with van der Waals surface area (Å²) in [6.07, 6.45) is 16.5. The van der Waals surface area contributed by atoms with Gasteiger partial charge in [0.1, 0.15) is 0 Å². The van der Waals surface area contributed by atoms with E-state index in [-0.39, 0.29) is 5.41 Å². The molecule has 0 aromatic carbocycles. The molecule has 1 fully saturated rings. The molecule has 0 bridgehead atoms. The van der Waals surface area contributed by atoms with Gasteiger partial charge in [0.05, 0.1) is 5.41 Å². The molecule has 4 aliphatic carbocycles. The molecule has 1 nitrogen and oxygen atoms in total. The number of hydrogen-bond acceptors (Lipinski definition) is 1. The van der Waals surface area contributed by atoms with Gasteiger partial charge in [-0.1, -0.05) is 38.0 Å². The van der Waals surface area contributed by atoms with Crippen molar-refractivity contribution < 1.29 is 4.79 Å². The van der Waals surface area contributed by atoms with Crippen molar-refractivity contribution in [3.05, 3.63) is 35.5 Å². The van der Waals surface area contributed by atoms with Crippen LogP contribution in [0.2, 0.25) is 0 Å². The lowest BCUT2D eigenvalue weighted by molar-refractivity contribution is -0.121. The first-order chi connectivity index (χ1) is 9.56. The molecule has 20 heavy (non-hydrogen) atoms. The molecule has 0 radical (unpaired) electrons. The Balaban J connectivity index is 1.86. The summed E-state index contributed by atoms with van der Waals surface area (Å²) in [5.74, 6) is 1.76. The number of carbonyl (C=O) groups excluding carboxylic acids is 1. The minimum atomic E-state index is -0.214. The maximum absolute atomic E-state index is 12.2. The predicted octanol–water partition coefficient (Wildman–Crippen LogP) is 4.60. The molecular weight excluding hydrogens is 244 g/mol. The quantitative estimate of drug-likeness (QED) is 0.627. The third-order valence-electron chi connectivity index (χ3n) is 6.79. The summed E-state index contributed by atoms with van der Waals surface area (Å²) in [6.45, 7) is 4.66. The van der Waals surface area contributed by atoms with Gasteiger partial charge in [-0.25, -0.2) is 0 Å². The van der Waals surface area contributed by atoms with Crippen LogP contribution in [-0.2, 0) is 4.79 Å². The molecule has 0 amide bonds. The molecule has 4 atom stereocenters. The number of allylic oxidation sites excluding steroid dienone is 6. The van der Waals surface area contributed by atoms with E-state index in [4.69, 9.17) is 0 Å². The smallest absolute Gasteiger partial charge is 0.165 e. The van der Waals surface area contributed by atoms with E-state index in [2.05, 4.69) is 32.1 Å². The van der Waals surface area contributed by atoms with Crippen molar-refractivity contribution in [2.75, 3.05) is 0 Å². The average molecular weight is 268 g/mol. The molecule has 1 saturated carbocycles. The maximum atomic E-state index is 12.2. The van der Waals surface area contributed by atoms with Gasteiger partial charge in [-0.2, -0.15) is 0 Å². The van der Waals surface area contributed by atoms with Crippen LogP contribution < -0.4 is 0 Å². The van der Waals surface area contributed by atoms with Gasteiger partial charge in [-0.3, -0.25) is 4.79 Å². The van der Waals surface area contributed by atoms with E-state index >= 15 is 0 Å². The molecule has 106 valence electrons. The largest absolute Gasteiger partial charge is 0.294 e. The molecule has 0 aliphatic heterocycles. The highest BCUT2D eigenvalue weighted by Crippen LogP contribution is 2.59. The Kier molecular flexibility index (Phi) is 2.50. The van der Waals surface area contributed by atoms with Crippen molar-refractivity contribution >= 4 is 5.78 Å². The molecule has 0 spiro atoms. The lowest BCUT2D eigenvalue weighted by Crippen LogP contribution is -2.44. The second kappa shape index (κ2) is 3.96. The Morgan fingerprint density at radius 1 is 1.05 bits per heavy atom. The highest BCUT2D eigenvalue weighted by molar-refractivity contribution is 6.02. The minimum absolute atomic E-state index is 0.214. The third-order valence-corrected chi connectivity index (χ3v) is 6.79. The van der Waals surface area contributed by atoms with Crippen LogP contribution in [0.3, 0.4) is 0 Å². The van der Waals surface area contributed by atoms with E-state index in [0.717, 1.165) is 12.3 Å². The van der Waals surface area contributed by atoms with E-state index in [9.17, 15) is 4.79 Å². The number of ketones is 1. The zero-order valence-corrected chi connectivity index (χ0v) is 12.6. The van der Waals surface area contributed by atoms with Crippen LogP contribution in [0.4, 0.5) is 0 Å². The Morgan fingerprint density at radius 2 is 1.90 bits per heavy atom. The van der Waals surface area contributed by atoms with E-state index in [0.29, 0.717) is 17.1 Å². The van der Waals surface area contributed by atoms with Crippen LogP contribution in [0.25, 0.3) is 0 Å². The fourth-order valence-corrected chi connectivity index (χ4v) is 5.35. The fraction of sp³-hybridized carbons (Fsp3) is 0.632. The zero-order valence-electron chi connectivity index (χ0n) is 12.6. The molecule has 0 aromatic rings. The second-order valence-electron chi connectivity index (χ2n) is 7.71. The van der Waals surface area contributed by atoms with Crippen LogP contribution in [0.1, 0.15) is 52.4 Å². The summed E-state index contributed by atoms with van der Waals surface area (Å²) in [6, 6.07) is 0. The summed E-state index contributed by atoms with van der Waals surface area (Å²) in [4.78, 5) is 12.2. The van der Waals surface area contributed by atoms with Gasteiger partial charge in [0.2, 0.25) is 0 Å². The van der Waals surface area contributed by atoms with Gasteiger partial charge in [0.15, 0.2) is 5.78 Å². The first-order valence-electron chi connectivity index (χ1n) is 8.21. The van der Waals surface area contributed by atoms with Crippen molar-refractivity contribution in [3.63, 3.8) is 0 Å². The van der Waals surface area contributed by atoms with Gasteiger partial charge in [0, 0.05) is 0 Å². The standard InChI is InChI=1S/C19H24O/c1-18-11-4-3-5-13(18)6-7-14-15-8-9-17(20)19(15,2)12-10-16(14)18/h6-9,13,16H,3-5,10-12H2,1-2H3/t13?,16-,18-,19-/m0/s1. The summed E-state index contributed by atoms with van der Waals surface area (Å²) >= 11 is 0. The minimum Gasteiger partial charge on any atom is -0.294 e. The van der Waals surface area contributed by atoms with Crippen LogP contribution in [-0.4, -0.2) is 5.78 Å². The van der Waals surface area contributed by atoms with E-state index in [1.165, 1.54) is 43.3 Å². The number of rotatable bonds is 0. The van der Waals surface area contributed by atoms with Crippen LogP contribution in [0.5, 0.6) is 0 Å². The van der Waals surface area contributed by atoms with E-state index in [1.54, 1.807) is 0 Å². The van der Waals surface area contributed by atoms with Gasteiger partial charge in [-0.15, -0.1) is 0 Å². The molecule has 0 N–H and O–H groups in total. The Morgan fingerprint density at radius 3 is 2.75 bits per heavy atom. The van der Waals surface area contributed by atoms with Gasteiger partial charge in [-0.05, 0) is 67.1 Å². The molecule has 0 aromatic heterocycles. The molecule has 0 saturated heterocycles. The van der Waals surface area contributed by atoms with Crippen LogP contribution in [0, 0.1) is 22.7 Å². The lowest BCUT2D eigenvalue weighted by Gasteiger charge is -2.52. The Labute approximate surface area is 121 Å². The van der Waals surface area contributed by atoms with Crippen molar-refractivity contribution in [2.45, 2.75) is 52.4 Å². The average Bonchev–Trinajstić information content (AvgIpc) is 2.74. The topological polar surface area (TPSA) is 17.1 Å². The van der Waals surface area contributed by atoms with Crippen molar-refractivity contribution in [2.24, 2.45) is 22.7 Å². The van der Waals surface area contributed by atoms with Crippen molar-refractivity contribution in [1.82, 2.24) is 0 Å². The SMILES string of the molecule is C[C@]12CC[C@H]3C(=C1C=CC2=O)C=CC1CCCC[C@@]13C. The van der Waals surface area contributed by atoms with Gasteiger partial charge < -0.3 is 0 Å². The van der Waals surface area contributed by atoms with Gasteiger partial charge >= 0.3 is 0 Å². The molecule has 4 rings (SSSR count). The summed E-state index contributed by atoms with van der Waals surface area (Å²) in [5, 5.41) is 0. The number of fused-ring (bicyclic) bond motifs is 4. The lowest BCUT2D eigenvalue weighted by atomic mass is 9.52. The second-order valence-corrected chi connectivity index (χ2v) is 7.71. The predicted molar refractivity (Wildman–Crippen MR) is 81.2 cm³/mol. The third kappa shape index (κ3) is 1.42. The zero-order chi connectivity index (χ0) is 14.0. The Hall–Kier alpha value is -1.11. The first-order valence-corrected chi connectivity index (χ1v) is 8.21. The van der Waals surface area contributed by atoms with Crippen LogP contribution in [0.15, 0.2) is 35.5 Å². The number of carbonyl (C=O) groups is 1. The van der Waals surface area contributed by atoms with Crippen LogP contribution >= 0.6 is 0 Å². The van der Waals surface area contributed by atoms with E-state index < -0.39 is 0 Å². The Bertz CT molecular complexity index is 564. The molecule has 1 heteroatoms. The fourth-order valence-electron chi connectivity index (χ4n) is 5.35. The van der Waals surface area contributed by atoms with Crippen molar-refractivity contribution in [3.8, 4) is 0 Å². The summed E-state index contributed by atoms with van der Waals surface area (Å²) in [5.41, 5.74) is 3.05.